The first-order valence-corrected chi connectivity index (χ1v) is 7.80. The standard InChI is InChI=1S/C14H21N9/c1-12-9-22(19-15-12)7-4-8-23-11-14(17-20-23)6-3-5-13-10-21(2)18-16-13/h9-11H,3-8H2,1-2H3. The monoisotopic (exact) mass is 315 g/mol. The van der Waals surface area contributed by atoms with Crippen molar-refractivity contribution in [3.8, 4) is 0 Å². The quantitative estimate of drug-likeness (QED) is 0.603. The number of hydrogen-bond acceptors (Lipinski definition) is 6. The maximum atomic E-state index is 4.22. The Morgan fingerprint density at radius 2 is 1.43 bits per heavy atom. The van der Waals surface area contributed by atoms with Crippen LogP contribution in [0.4, 0.5) is 0 Å². The summed E-state index contributed by atoms with van der Waals surface area (Å²) in [5.74, 6) is 0. The molecule has 3 rings (SSSR count). The van der Waals surface area contributed by atoms with Gasteiger partial charge in [-0.1, -0.05) is 15.6 Å². The predicted octanol–water partition coefficient (Wildman–Crippen LogP) is 0.572. The van der Waals surface area contributed by atoms with Gasteiger partial charge in [0, 0.05) is 38.7 Å². The van der Waals surface area contributed by atoms with Crippen molar-refractivity contribution in [2.24, 2.45) is 7.05 Å². The Morgan fingerprint density at radius 3 is 2.09 bits per heavy atom. The number of aryl methyl sites for hydroxylation is 6. The number of nitrogens with zero attached hydrogens (tertiary/aromatic N) is 9. The van der Waals surface area contributed by atoms with Crippen LogP contribution < -0.4 is 0 Å². The van der Waals surface area contributed by atoms with Crippen molar-refractivity contribution in [3.63, 3.8) is 0 Å². The van der Waals surface area contributed by atoms with Gasteiger partial charge in [-0.05, 0) is 32.6 Å². The highest BCUT2D eigenvalue weighted by Crippen LogP contribution is 2.04. The van der Waals surface area contributed by atoms with Gasteiger partial charge in [0.2, 0.25) is 0 Å². The lowest BCUT2D eigenvalue weighted by molar-refractivity contribution is 0.484. The largest absolute Gasteiger partial charge is 0.255 e. The number of aromatic nitrogens is 9. The van der Waals surface area contributed by atoms with Crippen molar-refractivity contribution in [1.82, 2.24) is 45.0 Å². The second kappa shape index (κ2) is 7.12. The maximum absolute atomic E-state index is 4.22. The van der Waals surface area contributed by atoms with E-state index in [1.54, 1.807) is 4.68 Å². The first-order chi connectivity index (χ1) is 11.2. The fourth-order valence-electron chi connectivity index (χ4n) is 2.42. The van der Waals surface area contributed by atoms with E-state index < -0.39 is 0 Å². The van der Waals surface area contributed by atoms with Gasteiger partial charge in [0.25, 0.3) is 0 Å². The molecule has 23 heavy (non-hydrogen) atoms. The fourth-order valence-corrected chi connectivity index (χ4v) is 2.42. The first kappa shape index (κ1) is 15.3. The predicted molar refractivity (Wildman–Crippen MR) is 82.4 cm³/mol. The molecule has 0 aliphatic rings. The highest BCUT2D eigenvalue weighted by Gasteiger charge is 2.04. The summed E-state index contributed by atoms with van der Waals surface area (Å²) in [5, 5.41) is 24.4. The molecule has 0 saturated heterocycles. The van der Waals surface area contributed by atoms with Crippen molar-refractivity contribution in [2.45, 2.75) is 45.7 Å². The summed E-state index contributed by atoms with van der Waals surface area (Å²) in [4.78, 5) is 0. The third kappa shape index (κ3) is 4.44. The van der Waals surface area contributed by atoms with Crippen LogP contribution in [0.5, 0.6) is 0 Å². The molecule has 0 atom stereocenters. The Bertz CT molecular complexity index is 678. The number of rotatable bonds is 8. The van der Waals surface area contributed by atoms with E-state index in [2.05, 4.69) is 30.9 Å². The van der Waals surface area contributed by atoms with Crippen LogP contribution in [0.2, 0.25) is 0 Å². The molecule has 0 N–H and O–H groups in total. The van der Waals surface area contributed by atoms with Crippen LogP contribution in [0, 0.1) is 6.92 Å². The summed E-state index contributed by atoms with van der Waals surface area (Å²) in [5.41, 5.74) is 2.98. The van der Waals surface area contributed by atoms with Gasteiger partial charge in [-0.15, -0.1) is 15.3 Å². The second-order valence-electron chi connectivity index (χ2n) is 5.69. The molecule has 3 aromatic rings. The molecular weight excluding hydrogens is 294 g/mol. The van der Waals surface area contributed by atoms with Crippen molar-refractivity contribution in [2.75, 3.05) is 0 Å². The molecule has 0 unspecified atom stereocenters. The van der Waals surface area contributed by atoms with Gasteiger partial charge in [-0.2, -0.15) is 0 Å². The zero-order valence-corrected chi connectivity index (χ0v) is 13.5. The zero-order chi connectivity index (χ0) is 16.1. The summed E-state index contributed by atoms with van der Waals surface area (Å²) in [6, 6.07) is 0. The van der Waals surface area contributed by atoms with Crippen LogP contribution in [-0.2, 0) is 33.0 Å². The molecule has 3 heterocycles. The Labute approximate surface area is 134 Å². The van der Waals surface area contributed by atoms with Crippen molar-refractivity contribution >= 4 is 0 Å². The topological polar surface area (TPSA) is 92.1 Å². The molecule has 9 heteroatoms. The number of hydrogen-bond donors (Lipinski definition) is 0. The summed E-state index contributed by atoms with van der Waals surface area (Å²) in [6.07, 6.45) is 9.66. The van der Waals surface area contributed by atoms with E-state index in [9.17, 15) is 0 Å². The van der Waals surface area contributed by atoms with E-state index >= 15 is 0 Å². The van der Waals surface area contributed by atoms with Gasteiger partial charge >= 0.3 is 0 Å². The van der Waals surface area contributed by atoms with Gasteiger partial charge in [0.15, 0.2) is 0 Å². The molecule has 0 saturated carbocycles. The average molecular weight is 315 g/mol. The molecule has 122 valence electrons. The summed E-state index contributed by atoms with van der Waals surface area (Å²) >= 11 is 0. The highest BCUT2D eigenvalue weighted by molar-refractivity contribution is 4.96. The smallest absolute Gasteiger partial charge is 0.0827 e. The minimum absolute atomic E-state index is 0.829. The summed E-state index contributed by atoms with van der Waals surface area (Å²) in [6.45, 7) is 3.60. The van der Waals surface area contributed by atoms with Crippen LogP contribution in [0.15, 0.2) is 18.6 Å². The lowest BCUT2D eigenvalue weighted by Crippen LogP contribution is -2.05. The van der Waals surface area contributed by atoms with E-state index in [-0.39, 0.29) is 0 Å². The van der Waals surface area contributed by atoms with Gasteiger partial charge in [-0.3, -0.25) is 14.0 Å². The molecule has 9 nitrogen and oxygen atoms in total. The van der Waals surface area contributed by atoms with Gasteiger partial charge in [0.05, 0.1) is 17.1 Å². The van der Waals surface area contributed by atoms with Gasteiger partial charge in [-0.25, -0.2) is 0 Å². The Balaban J connectivity index is 1.39. The lowest BCUT2D eigenvalue weighted by Gasteiger charge is -2.00. The van der Waals surface area contributed by atoms with E-state index in [1.807, 2.05) is 41.9 Å². The summed E-state index contributed by atoms with van der Waals surface area (Å²) in [7, 11) is 1.88. The molecule has 0 fully saturated rings. The zero-order valence-electron chi connectivity index (χ0n) is 13.5. The van der Waals surface area contributed by atoms with Crippen LogP contribution in [0.1, 0.15) is 29.9 Å². The Kier molecular flexibility index (Phi) is 4.74. The summed E-state index contributed by atoms with van der Waals surface area (Å²) < 4.78 is 5.47. The molecule has 0 bridgehead atoms. The van der Waals surface area contributed by atoms with E-state index in [1.165, 1.54) is 0 Å². The molecule has 0 spiro atoms. The third-order valence-electron chi connectivity index (χ3n) is 3.53. The van der Waals surface area contributed by atoms with Crippen molar-refractivity contribution in [3.05, 3.63) is 35.7 Å². The van der Waals surface area contributed by atoms with Crippen LogP contribution in [-0.4, -0.2) is 45.0 Å². The van der Waals surface area contributed by atoms with Gasteiger partial charge in [0.1, 0.15) is 0 Å². The van der Waals surface area contributed by atoms with Crippen LogP contribution >= 0.6 is 0 Å². The third-order valence-corrected chi connectivity index (χ3v) is 3.53. The highest BCUT2D eigenvalue weighted by atomic mass is 15.4. The minimum atomic E-state index is 0.829. The molecule has 0 amide bonds. The van der Waals surface area contributed by atoms with E-state index in [0.717, 1.165) is 55.9 Å². The van der Waals surface area contributed by atoms with E-state index in [0.29, 0.717) is 0 Å². The molecule has 3 aromatic heterocycles. The average Bonchev–Trinajstić information content (AvgIpc) is 3.23. The molecule has 0 radical (unpaired) electrons. The Hall–Kier alpha value is -2.58. The van der Waals surface area contributed by atoms with Crippen LogP contribution in [0.25, 0.3) is 0 Å². The second-order valence-corrected chi connectivity index (χ2v) is 5.69. The van der Waals surface area contributed by atoms with Gasteiger partial charge < -0.3 is 0 Å². The minimum Gasteiger partial charge on any atom is -0.255 e. The molecule has 0 aromatic carbocycles. The lowest BCUT2D eigenvalue weighted by atomic mass is 10.2. The normalized spacial score (nSPS) is 11.2. The fraction of sp³-hybridized carbons (Fsp3) is 0.571. The molecule has 0 aliphatic heterocycles. The van der Waals surface area contributed by atoms with Crippen LogP contribution in [0.3, 0.4) is 0 Å². The van der Waals surface area contributed by atoms with E-state index in [4.69, 9.17) is 0 Å². The molecule has 0 aliphatic carbocycles. The first-order valence-electron chi connectivity index (χ1n) is 7.80. The van der Waals surface area contributed by atoms with Crippen molar-refractivity contribution < 1.29 is 0 Å². The van der Waals surface area contributed by atoms with Crippen molar-refractivity contribution in [1.29, 1.82) is 0 Å². The molecular formula is C14H21N9. The Morgan fingerprint density at radius 1 is 0.783 bits per heavy atom. The SMILES string of the molecule is Cc1cn(CCCn2cc(CCCc3cn(C)nn3)nn2)nn1. The maximum Gasteiger partial charge on any atom is 0.0827 e.